The first-order valence-electron chi connectivity index (χ1n) is 15.4. The summed E-state index contributed by atoms with van der Waals surface area (Å²) >= 11 is 0. The van der Waals surface area contributed by atoms with E-state index in [1.54, 1.807) is 45.6 Å². The van der Waals surface area contributed by atoms with Crippen LogP contribution >= 0.6 is 0 Å². The van der Waals surface area contributed by atoms with E-state index in [2.05, 4.69) is 17.1 Å². The van der Waals surface area contributed by atoms with Crippen molar-refractivity contribution in [1.82, 2.24) is 4.90 Å². The molecule has 6 fully saturated rings. The van der Waals surface area contributed by atoms with Crippen molar-refractivity contribution >= 4 is 17.6 Å². The molecular weight excluding hydrogens is 540 g/mol. The largest absolute Gasteiger partial charge is 0.454 e. The van der Waals surface area contributed by atoms with Gasteiger partial charge in [0.15, 0.2) is 0 Å². The van der Waals surface area contributed by atoms with Crippen molar-refractivity contribution in [2.45, 2.75) is 87.1 Å². The molecule has 5 aliphatic carbocycles. The van der Waals surface area contributed by atoms with Crippen LogP contribution in [0.4, 0.5) is 5.69 Å². The maximum absolute atomic E-state index is 14.0. The standard InChI is InChI=1S/C32H44N2O8/c1-6-34-16-29(42-28(36)18-9-7-8-10-21(18)33-17(2)35)12-11-25(40-4)31-23(29)14-20(26(31)34)30(37)15-22(39-3)19-13-24(31)32(30,38)27(19)41-5/h7-10,19-20,22-27,37-38H,6,11-16H2,1-5H3,(H,33,35)/t19-,20+,22+,23?,24?,25+,26?,27+,29-,30+,31+,32+/m1/s1. The molecule has 1 spiro atoms. The number of piperidine rings is 1. The van der Waals surface area contributed by atoms with Crippen LogP contribution in [0.25, 0.3) is 0 Å². The highest BCUT2D eigenvalue weighted by Crippen LogP contribution is 2.79. The molecule has 42 heavy (non-hydrogen) atoms. The van der Waals surface area contributed by atoms with Gasteiger partial charge in [0.05, 0.1) is 29.6 Å². The summed E-state index contributed by atoms with van der Waals surface area (Å²) in [7, 11) is 5.05. The van der Waals surface area contributed by atoms with Gasteiger partial charge in [0.1, 0.15) is 16.8 Å². The Kier molecular flexibility index (Phi) is 6.46. The number of amides is 1. The van der Waals surface area contributed by atoms with Crippen LogP contribution < -0.4 is 5.32 Å². The summed E-state index contributed by atoms with van der Waals surface area (Å²) in [5.41, 5.74) is -3.57. The fourth-order valence-electron chi connectivity index (χ4n) is 11.6. The lowest BCUT2D eigenvalue weighted by atomic mass is 9.44. The molecule has 3 unspecified atom stereocenters. The van der Waals surface area contributed by atoms with Gasteiger partial charge in [0, 0.05) is 76.3 Å². The number of nitrogens with one attached hydrogen (secondary N) is 1. The number of likely N-dealkylation sites (N-methyl/N-ethyl adjacent to an activating group) is 1. The average molecular weight is 585 g/mol. The minimum absolute atomic E-state index is 0.0432. The summed E-state index contributed by atoms with van der Waals surface area (Å²) in [6.45, 7) is 4.79. The number of anilines is 1. The molecule has 0 aromatic heterocycles. The van der Waals surface area contributed by atoms with Crippen molar-refractivity contribution in [3.63, 3.8) is 0 Å². The molecule has 7 rings (SSSR count). The number of rotatable bonds is 7. The van der Waals surface area contributed by atoms with Gasteiger partial charge >= 0.3 is 5.97 Å². The Hall–Kier alpha value is -2.08. The van der Waals surface area contributed by atoms with Gasteiger partial charge in [-0.25, -0.2) is 4.79 Å². The van der Waals surface area contributed by atoms with E-state index in [0.717, 1.165) is 0 Å². The third-order valence-electron chi connectivity index (χ3n) is 12.6. The number of para-hydroxylation sites is 1. The number of aliphatic hydroxyl groups is 2. The number of hydrogen-bond acceptors (Lipinski definition) is 9. The Labute approximate surface area is 247 Å². The molecule has 230 valence electrons. The molecule has 1 aliphatic heterocycles. The molecule has 3 N–H and O–H groups in total. The minimum atomic E-state index is -1.48. The molecule has 0 radical (unpaired) electrons. The zero-order valence-corrected chi connectivity index (χ0v) is 25.2. The van der Waals surface area contributed by atoms with Crippen LogP contribution in [0.3, 0.4) is 0 Å². The van der Waals surface area contributed by atoms with Crippen molar-refractivity contribution in [1.29, 1.82) is 0 Å². The fourth-order valence-corrected chi connectivity index (χ4v) is 11.6. The Morgan fingerprint density at radius 3 is 2.50 bits per heavy atom. The smallest absolute Gasteiger partial charge is 0.340 e. The second-order valence-electron chi connectivity index (χ2n) is 13.7. The first-order chi connectivity index (χ1) is 20.1. The molecule has 7 bridgehead atoms. The number of nitrogens with zero attached hydrogens (tertiary/aromatic N) is 1. The molecule has 1 saturated heterocycles. The molecule has 10 nitrogen and oxygen atoms in total. The first-order valence-corrected chi connectivity index (χ1v) is 15.4. The molecule has 1 aromatic rings. The van der Waals surface area contributed by atoms with E-state index >= 15 is 0 Å². The lowest BCUT2D eigenvalue weighted by Gasteiger charge is -2.70. The fraction of sp³-hybridized carbons (Fsp3) is 0.750. The third-order valence-corrected chi connectivity index (χ3v) is 12.6. The number of likely N-dealkylation sites (tertiary alicyclic amines) is 1. The molecule has 6 aliphatic rings. The van der Waals surface area contributed by atoms with Gasteiger partial charge in [-0.2, -0.15) is 0 Å². The number of benzene rings is 1. The van der Waals surface area contributed by atoms with Crippen LogP contribution in [0.5, 0.6) is 0 Å². The maximum Gasteiger partial charge on any atom is 0.340 e. The highest BCUT2D eigenvalue weighted by atomic mass is 16.6. The van der Waals surface area contributed by atoms with Crippen molar-refractivity contribution < 1.29 is 38.7 Å². The van der Waals surface area contributed by atoms with Crippen LogP contribution in [0.1, 0.15) is 56.3 Å². The SMILES string of the molecule is CCN1C[C@]2(OC(=O)c3ccccc3NC(C)=O)CC[C@H](OC)[C@]34C1[C@H](CC23)[C@@]1(O)C[C@H](OC)[C@H]2CC4[C@]1(O)[C@H]2OC. The summed E-state index contributed by atoms with van der Waals surface area (Å²) in [5, 5.41) is 28.4. The van der Waals surface area contributed by atoms with Crippen molar-refractivity contribution in [3.05, 3.63) is 29.8 Å². The zero-order valence-electron chi connectivity index (χ0n) is 25.2. The number of fused-ring (bicyclic) bond motifs is 2. The normalized spacial score (nSPS) is 48.2. The summed E-state index contributed by atoms with van der Waals surface area (Å²) in [4.78, 5) is 28.3. The van der Waals surface area contributed by atoms with E-state index in [-0.39, 0.29) is 47.8 Å². The van der Waals surface area contributed by atoms with E-state index in [9.17, 15) is 19.8 Å². The summed E-state index contributed by atoms with van der Waals surface area (Å²) < 4.78 is 25.1. The highest BCUT2D eigenvalue weighted by molar-refractivity contribution is 6.00. The van der Waals surface area contributed by atoms with Crippen LogP contribution in [0.15, 0.2) is 24.3 Å². The van der Waals surface area contributed by atoms with Crippen molar-refractivity contribution in [2.24, 2.45) is 29.1 Å². The second kappa shape index (κ2) is 9.46. The van der Waals surface area contributed by atoms with Gasteiger partial charge in [-0.1, -0.05) is 19.1 Å². The summed E-state index contributed by atoms with van der Waals surface area (Å²) in [6, 6.07) is 6.89. The number of carbonyl (C=O) groups excluding carboxylic acids is 2. The molecule has 1 heterocycles. The topological polar surface area (TPSA) is 127 Å². The monoisotopic (exact) mass is 584 g/mol. The molecule has 1 aromatic carbocycles. The molecule has 1 amide bonds. The summed E-state index contributed by atoms with van der Waals surface area (Å²) in [6.07, 6.45) is 1.91. The van der Waals surface area contributed by atoms with Crippen LogP contribution in [-0.4, -0.2) is 103 Å². The number of methoxy groups -OCH3 is 3. The summed E-state index contributed by atoms with van der Waals surface area (Å²) in [5.74, 6) is -1.54. The van der Waals surface area contributed by atoms with Crippen LogP contribution in [-0.2, 0) is 23.7 Å². The molecule has 10 heteroatoms. The molecular formula is C32H44N2O8. The Balaban J connectivity index is 1.38. The van der Waals surface area contributed by atoms with Gasteiger partial charge in [0.2, 0.25) is 5.91 Å². The van der Waals surface area contributed by atoms with E-state index < -0.39 is 34.3 Å². The quantitative estimate of drug-likeness (QED) is 0.414. The van der Waals surface area contributed by atoms with E-state index in [0.29, 0.717) is 56.4 Å². The second-order valence-corrected chi connectivity index (χ2v) is 13.7. The van der Waals surface area contributed by atoms with Gasteiger partial charge < -0.3 is 34.5 Å². The first kappa shape index (κ1) is 28.7. The number of esters is 1. The van der Waals surface area contributed by atoms with Gasteiger partial charge in [-0.15, -0.1) is 0 Å². The predicted octanol–water partition coefficient (Wildman–Crippen LogP) is 2.22. The zero-order chi connectivity index (χ0) is 29.8. The van der Waals surface area contributed by atoms with Crippen molar-refractivity contribution in [3.8, 4) is 0 Å². The third kappa shape index (κ3) is 3.21. The van der Waals surface area contributed by atoms with Crippen molar-refractivity contribution in [2.75, 3.05) is 39.7 Å². The Morgan fingerprint density at radius 2 is 1.83 bits per heavy atom. The van der Waals surface area contributed by atoms with Crippen LogP contribution in [0.2, 0.25) is 0 Å². The lowest BCUT2D eigenvalue weighted by molar-refractivity contribution is -0.337. The maximum atomic E-state index is 14.0. The van der Waals surface area contributed by atoms with Gasteiger partial charge in [-0.3, -0.25) is 9.69 Å². The van der Waals surface area contributed by atoms with Gasteiger partial charge in [-0.05, 0) is 44.4 Å². The van der Waals surface area contributed by atoms with Gasteiger partial charge in [0.25, 0.3) is 0 Å². The molecule has 12 atom stereocenters. The van der Waals surface area contributed by atoms with E-state index in [4.69, 9.17) is 18.9 Å². The number of carbonyl (C=O) groups is 2. The highest BCUT2D eigenvalue weighted by Gasteiger charge is 2.89. The van der Waals surface area contributed by atoms with E-state index in [1.165, 1.54) is 6.92 Å². The van der Waals surface area contributed by atoms with Crippen LogP contribution in [0, 0.1) is 29.1 Å². The van der Waals surface area contributed by atoms with E-state index in [1.807, 2.05) is 0 Å². The number of hydrogen-bond donors (Lipinski definition) is 3. The lowest BCUT2D eigenvalue weighted by Crippen LogP contribution is -2.83. The minimum Gasteiger partial charge on any atom is -0.454 e. The predicted molar refractivity (Wildman–Crippen MR) is 152 cm³/mol. The Morgan fingerprint density at radius 1 is 1.07 bits per heavy atom. The Bertz CT molecular complexity index is 1290. The molecule has 5 saturated carbocycles. The number of ether oxygens (including phenoxy) is 4. The average Bonchev–Trinajstić information content (AvgIpc) is 3.39.